The SMILES string of the molecule is C#CCOc1ccccc1/C=N\n1c(-c2ccc(C)cc2)n[nH]c1=S. The summed E-state index contributed by atoms with van der Waals surface area (Å²) in [6.07, 6.45) is 6.93. The Kier molecular flexibility index (Phi) is 5.07. The number of nitrogens with one attached hydrogen (secondary N) is 1. The lowest BCUT2D eigenvalue weighted by atomic mass is 10.1. The van der Waals surface area contributed by atoms with Gasteiger partial charge in [-0.15, -0.1) is 6.42 Å². The second-order valence-corrected chi connectivity index (χ2v) is 5.69. The van der Waals surface area contributed by atoms with Crippen LogP contribution in [0.25, 0.3) is 11.4 Å². The standard InChI is InChI=1S/C19H16N4OS/c1-3-12-24-17-7-5-4-6-16(17)13-20-23-18(21-22-19(23)25)15-10-8-14(2)9-11-15/h1,4-11,13H,12H2,2H3,(H,22,25)/b20-13-. The van der Waals surface area contributed by atoms with E-state index in [9.17, 15) is 0 Å². The molecule has 0 fully saturated rings. The Labute approximate surface area is 151 Å². The average Bonchev–Trinajstić information content (AvgIpc) is 3.00. The van der Waals surface area contributed by atoms with E-state index in [1.807, 2.05) is 55.5 Å². The van der Waals surface area contributed by atoms with Gasteiger partial charge in [0.1, 0.15) is 12.4 Å². The van der Waals surface area contributed by atoms with Gasteiger partial charge in [-0.25, -0.2) is 5.10 Å². The zero-order chi connectivity index (χ0) is 17.6. The lowest BCUT2D eigenvalue weighted by Crippen LogP contribution is -1.99. The molecule has 1 aromatic heterocycles. The second kappa shape index (κ2) is 7.60. The van der Waals surface area contributed by atoms with Crippen molar-refractivity contribution in [3.05, 3.63) is 64.4 Å². The van der Waals surface area contributed by atoms with E-state index in [1.165, 1.54) is 5.56 Å². The molecule has 0 spiro atoms. The van der Waals surface area contributed by atoms with E-state index in [0.29, 0.717) is 16.3 Å². The van der Waals surface area contributed by atoms with Crippen LogP contribution in [0, 0.1) is 24.0 Å². The number of aryl methyl sites for hydroxylation is 1. The van der Waals surface area contributed by atoms with Crippen molar-refractivity contribution in [1.29, 1.82) is 0 Å². The van der Waals surface area contributed by atoms with Gasteiger partial charge in [0, 0.05) is 11.1 Å². The minimum Gasteiger partial charge on any atom is -0.480 e. The molecule has 0 unspecified atom stereocenters. The monoisotopic (exact) mass is 348 g/mol. The summed E-state index contributed by atoms with van der Waals surface area (Å²) in [6.45, 7) is 2.23. The molecule has 1 N–H and O–H groups in total. The molecule has 6 heteroatoms. The predicted molar refractivity (Wildman–Crippen MR) is 101 cm³/mol. The molecular weight excluding hydrogens is 332 g/mol. The van der Waals surface area contributed by atoms with Crippen LogP contribution in [0.2, 0.25) is 0 Å². The average molecular weight is 348 g/mol. The third kappa shape index (κ3) is 3.84. The van der Waals surface area contributed by atoms with Gasteiger partial charge in [0.15, 0.2) is 5.82 Å². The largest absolute Gasteiger partial charge is 0.480 e. The van der Waals surface area contributed by atoms with Crippen molar-refractivity contribution in [1.82, 2.24) is 14.9 Å². The molecule has 1 heterocycles. The summed E-state index contributed by atoms with van der Waals surface area (Å²) in [4.78, 5) is 0. The highest BCUT2D eigenvalue weighted by atomic mass is 32.1. The number of hydrogen-bond acceptors (Lipinski definition) is 4. The molecule has 2 aromatic carbocycles. The van der Waals surface area contributed by atoms with Gasteiger partial charge >= 0.3 is 0 Å². The van der Waals surface area contributed by atoms with Crippen molar-refractivity contribution in [3.8, 4) is 29.5 Å². The molecule has 3 aromatic rings. The number of benzene rings is 2. The Bertz CT molecular complexity index is 993. The van der Waals surface area contributed by atoms with E-state index in [1.54, 1.807) is 10.9 Å². The summed E-state index contributed by atoms with van der Waals surface area (Å²) in [6, 6.07) is 15.5. The number of aromatic amines is 1. The Morgan fingerprint density at radius 3 is 2.80 bits per heavy atom. The van der Waals surface area contributed by atoms with Crippen molar-refractivity contribution in [2.24, 2.45) is 5.10 Å². The zero-order valence-corrected chi connectivity index (χ0v) is 14.5. The van der Waals surface area contributed by atoms with Crippen LogP contribution in [0.15, 0.2) is 53.6 Å². The Morgan fingerprint density at radius 2 is 2.04 bits per heavy atom. The first kappa shape index (κ1) is 16.7. The molecule has 0 aliphatic rings. The number of rotatable bonds is 5. The Hall–Kier alpha value is -3.17. The summed E-state index contributed by atoms with van der Waals surface area (Å²) in [7, 11) is 0. The molecular formula is C19H16N4OS. The molecule has 0 bridgehead atoms. The first-order valence-electron chi connectivity index (χ1n) is 7.63. The van der Waals surface area contributed by atoms with Crippen LogP contribution in [-0.4, -0.2) is 27.7 Å². The molecule has 5 nitrogen and oxygen atoms in total. The Morgan fingerprint density at radius 1 is 1.28 bits per heavy atom. The van der Waals surface area contributed by atoms with E-state index >= 15 is 0 Å². The van der Waals surface area contributed by atoms with Crippen LogP contribution in [0.4, 0.5) is 0 Å². The summed E-state index contributed by atoms with van der Waals surface area (Å²) in [5.74, 6) is 3.76. The highest BCUT2D eigenvalue weighted by Gasteiger charge is 2.08. The molecule has 0 aliphatic heterocycles. The van der Waals surface area contributed by atoms with Crippen LogP contribution in [-0.2, 0) is 0 Å². The van der Waals surface area contributed by atoms with E-state index < -0.39 is 0 Å². The molecule has 0 radical (unpaired) electrons. The highest BCUT2D eigenvalue weighted by molar-refractivity contribution is 7.71. The molecule has 0 saturated carbocycles. The van der Waals surface area contributed by atoms with E-state index in [0.717, 1.165) is 11.1 Å². The number of nitrogens with zero attached hydrogens (tertiary/aromatic N) is 3. The van der Waals surface area contributed by atoms with E-state index in [2.05, 4.69) is 21.2 Å². The van der Waals surface area contributed by atoms with Crippen LogP contribution < -0.4 is 4.74 Å². The minimum atomic E-state index is 0.199. The quantitative estimate of drug-likeness (QED) is 0.433. The van der Waals surface area contributed by atoms with Gasteiger partial charge in [-0.3, -0.25) is 0 Å². The number of ether oxygens (including phenoxy) is 1. The van der Waals surface area contributed by atoms with Crippen molar-refractivity contribution in [2.45, 2.75) is 6.92 Å². The molecule has 0 saturated heterocycles. The fraction of sp³-hybridized carbons (Fsp3) is 0.105. The molecule has 0 atom stereocenters. The lowest BCUT2D eigenvalue weighted by Gasteiger charge is -2.06. The number of hydrogen-bond donors (Lipinski definition) is 1. The van der Waals surface area contributed by atoms with Gasteiger partial charge in [-0.1, -0.05) is 47.9 Å². The van der Waals surface area contributed by atoms with Crippen molar-refractivity contribution in [3.63, 3.8) is 0 Å². The molecule has 124 valence electrons. The summed E-state index contributed by atoms with van der Waals surface area (Å²) < 4.78 is 7.52. The lowest BCUT2D eigenvalue weighted by molar-refractivity contribution is 0.370. The zero-order valence-electron chi connectivity index (χ0n) is 13.6. The van der Waals surface area contributed by atoms with Crippen molar-refractivity contribution < 1.29 is 4.74 Å². The summed E-state index contributed by atoms with van der Waals surface area (Å²) in [5, 5.41) is 11.5. The van der Waals surface area contributed by atoms with E-state index in [-0.39, 0.29) is 6.61 Å². The maximum atomic E-state index is 5.53. The number of aromatic nitrogens is 3. The van der Waals surface area contributed by atoms with E-state index in [4.69, 9.17) is 23.4 Å². The number of H-pyrrole nitrogens is 1. The second-order valence-electron chi connectivity index (χ2n) is 5.31. The minimum absolute atomic E-state index is 0.199. The van der Waals surface area contributed by atoms with Gasteiger partial charge < -0.3 is 4.74 Å². The topological polar surface area (TPSA) is 55.2 Å². The molecule has 0 aliphatic carbocycles. The normalized spacial score (nSPS) is 10.7. The van der Waals surface area contributed by atoms with Gasteiger partial charge in [0.2, 0.25) is 4.77 Å². The molecule has 25 heavy (non-hydrogen) atoms. The summed E-state index contributed by atoms with van der Waals surface area (Å²) >= 11 is 5.29. The first-order valence-corrected chi connectivity index (χ1v) is 8.04. The fourth-order valence-corrected chi connectivity index (χ4v) is 2.43. The number of para-hydroxylation sites is 1. The maximum absolute atomic E-state index is 5.53. The van der Waals surface area contributed by atoms with Crippen LogP contribution in [0.3, 0.4) is 0 Å². The van der Waals surface area contributed by atoms with Crippen LogP contribution in [0.5, 0.6) is 5.75 Å². The summed E-state index contributed by atoms with van der Waals surface area (Å²) in [5.41, 5.74) is 2.90. The number of terminal acetylenes is 1. The molecule has 3 rings (SSSR count). The third-order valence-electron chi connectivity index (χ3n) is 3.50. The van der Waals surface area contributed by atoms with Crippen molar-refractivity contribution >= 4 is 18.4 Å². The highest BCUT2D eigenvalue weighted by Crippen LogP contribution is 2.19. The van der Waals surface area contributed by atoms with Crippen molar-refractivity contribution in [2.75, 3.05) is 6.61 Å². The van der Waals surface area contributed by atoms with Gasteiger partial charge in [0.25, 0.3) is 0 Å². The fourth-order valence-electron chi connectivity index (χ4n) is 2.25. The van der Waals surface area contributed by atoms with Crippen LogP contribution >= 0.6 is 12.2 Å². The molecule has 0 amide bonds. The smallest absolute Gasteiger partial charge is 0.216 e. The Balaban J connectivity index is 1.96. The maximum Gasteiger partial charge on any atom is 0.216 e. The first-order chi connectivity index (χ1) is 12.2. The predicted octanol–water partition coefficient (Wildman–Crippen LogP) is 3.81. The van der Waals surface area contributed by atoms with Gasteiger partial charge in [-0.05, 0) is 31.3 Å². The van der Waals surface area contributed by atoms with Gasteiger partial charge in [-0.2, -0.15) is 14.9 Å². The third-order valence-corrected chi connectivity index (χ3v) is 3.77. The van der Waals surface area contributed by atoms with Gasteiger partial charge in [0.05, 0.1) is 6.21 Å². The van der Waals surface area contributed by atoms with Crippen LogP contribution in [0.1, 0.15) is 11.1 Å².